The zero-order chi connectivity index (χ0) is 11.3. The number of piperidine rings is 1. The van der Waals surface area contributed by atoms with Gasteiger partial charge in [-0.2, -0.15) is 0 Å². The van der Waals surface area contributed by atoms with Crippen molar-refractivity contribution in [1.82, 2.24) is 4.90 Å². The first-order chi connectivity index (χ1) is 6.97. The Kier molecular flexibility index (Phi) is 4.84. The topological polar surface area (TPSA) is 3.24 Å². The molecule has 1 heterocycles. The van der Waals surface area contributed by atoms with Crippen LogP contribution in [0.1, 0.15) is 26.2 Å². The van der Waals surface area contributed by atoms with E-state index >= 15 is 0 Å². The fourth-order valence-electron chi connectivity index (χ4n) is 1.84. The normalized spacial score (nSPS) is 18.4. The summed E-state index contributed by atoms with van der Waals surface area (Å²) in [6, 6.07) is 0. The molecule has 1 aliphatic heterocycles. The molecule has 0 atom stereocenters. The number of hydrogen-bond donors (Lipinski definition) is 0. The van der Waals surface area contributed by atoms with Crippen molar-refractivity contribution in [3.8, 4) is 0 Å². The second-order valence-electron chi connectivity index (χ2n) is 5.77. The van der Waals surface area contributed by atoms with Gasteiger partial charge in [-0.15, -0.1) is 5.73 Å². The van der Waals surface area contributed by atoms with Crippen LogP contribution in [0.4, 0.5) is 0 Å². The molecule has 0 spiro atoms. The predicted octanol–water partition coefficient (Wildman–Crippen LogP) is 3.45. The van der Waals surface area contributed by atoms with E-state index in [1.807, 2.05) is 0 Å². The molecule has 15 heavy (non-hydrogen) atoms. The fraction of sp³-hybridized carbons (Fsp3) is 0.769. The quantitative estimate of drug-likeness (QED) is 0.523. The molecular weight excluding hydrogens is 198 g/mol. The lowest BCUT2D eigenvalue weighted by Gasteiger charge is -2.26. The van der Waals surface area contributed by atoms with Crippen LogP contribution in [0.25, 0.3) is 0 Å². The minimum Gasteiger partial charge on any atom is -0.299 e. The lowest BCUT2D eigenvalue weighted by Crippen LogP contribution is -2.31. The van der Waals surface area contributed by atoms with Crippen LogP contribution in [0.5, 0.6) is 0 Å². The molecule has 1 fully saturated rings. The molecule has 0 unspecified atom stereocenters. The van der Waals surface area contributed by atoms with Gasteiger partial charge in [0.2, 0.25) is 0 Å². The molecule has 1 aliphatic rings. The molecule has 0 aromatic heterocycles. The van der Waals surface area contributed by atoms with Crippen molar-refractivity contribution in [1.29, 1.82) is 0 Å². The molecule has 0 saturated carbocycles. The van der Waals surface area contributed by atoms with E-state index in [1.54, 1.807) is 0 Å². The van der Waals surface area contributed by atoms with Gasteiger partial charge in [-0.05, 0) is 38.4 Å². The van der Waals surface area contributed by atoms with Crippen molar-refractivity contribution in [3.63, 3.8) is 0 Å². The standard InChI is InChI=1S/C13H25NSi/c1-13(8-11-15(2,3)4)12-14-9-6-5-7-10-14/h11H,5-7,9-10,12H2,1-4H3. The monoisotopic (exact) mass is 223 g/mol. The van der Waals surface area contributed by atoms with E-state index in [0.29, 0.717) is 0 Å². The van der Waals surface area contributed by atoms with Gasteiger partial charge in [-0.25, -0.2) is 0 Å². The van der Waals surface area contributed by atoms with Gasteiger partial charge < -0.3 is 0 Å². The van der Waals surface area contributed by atoms with Gasteiger partial charge in [0, 0.05) is 6.54 Å². The van der Waals surface area contributed by atoms with E-state index in [1.165, 1.54) is 37.9 Å². The molecule has 0 aliphatic carbocycles. The maximum atomic E-state index is 3.48. The summed E-state index contributed by atoms with van der Waals surface area (Å²) in [7, 11) is -1.06. The van der Waals surface area contributed by atoms with Crippen LogP contribution in [0.3, 0.4) is 0 Å². The Morgan fingerprint density at radius 3 is 2.33 bits per heavy atom. The van der Waals surface area contributed by atoms with Crippen molar-refractivity contribution in [3.05, 3.63) is 17.0 Å². The van der Waals surface area contributed by atoms with E-state index < -0.39 is 8.07 Å². The highest BCUT2D eigenvalue weighted by molar-refractivity contribution is 6.80. The molecule has 0 radical (unpaired) electrons. The maximum absolute atomic E-state index is 3.48. The summed E-state index contributed by atoms with van der Waals surface area (Å²) in [6.45, 7) is 13.0. The third-order valence-electron chi connectivity index (χ3n) is 2.66. The third-order valence-corrected chi connectivity index (χ3v) is 3.67. The largest absolute Gasteiger partial charge is 0.299 e. The predicted molar refractivity (Wildman–Crippen MR) is 70.9 cm³/mol. The van der Waals surface area contributed by atoms with E-state index in [0.717, 1.165) is 6.54 Å². The Hall–Kier alpha value is -0.303. The van der Waals surface area contributed by atoms with Gasteiger partial charge in [-0.3, -0.25) is 4.90 Å². The van der Waals surface area contributed by atoms with Gasteiger partial charge in [0.1, 0.15) is 0 Å². The van der Waals surface area contributed by atoms with E-state index in [9.17, 15) is 0 Å². The van der Waals surface area contributed by atoms with Gasteiger partial charge >= 0.3 is 0 Å². The Balaban J connectivity index is 2.46. The van der Waals surface area contributed by atoms with Gasteiger partial charge in [0.25, 0.3) is 0 Å². The zero-order valence-electron chi connectivity index (χ0n) is 10.8. The first-order valence-corrected chi connectivity index (χ1v) is 9.71. The summed E-state index contributed by atoms with van der Waals surface area (Å²) in [4.78, 5) is 2.56. The van der Waals surface area contributed by atoms with Crippen molar-refractivity contribution in [2.24, 2.45) is 0 Å². The maximum Gasteiger partial charge on any atom is 0.0781 e. The second kappa shape index (κ2) is 5.69. The number of rotatable bonds is 3. The van der Waals surface area contributed by atoms with Gasteiger partial charge in [-0.1, -0.05) is 31.8 Å². The summed E-state index contributed by atoms with van der Waals surface area (Å²) in [5, 5.41) is 0. The molecule has 0 bridgehead atoms. The van der Waals surface area contributed by atoms with Crippen LogP contribution in [-0.4, -0.2) is 32.6 Å². The molecule has 0 N–H and O–H groups in total. The van der Waals surface area contributed by atoms with Crippen LogP contribution in [0, 0.1) is 0 Å². The Labute approximate surface area is 95.9 Å². The first-order valence-electron chi connectivity index (χ1n) is 6.13. The highest BCUT2D eigenvalue weighted by atomic mass is 28.3. The van der Waals surface area contributed by atoms with Crippen LogP contribution in [0.2, 0.25) is 19.6 Å². The molecule has 1 rings (SSSR count). The van der Waals surface area contributed by atoms with Crippen molar-refractivity contribution >= 4 is 8.07 Å². The highest BCUT2D eigenvalue weighted by Gasteiger charge is 2.10. The van der Waals surface area contributed by atoms with E-state index in [2.05, 4.69) is 42.9 Å². The minimum absolute atomic E-state index is 1.06. The van der Waals surface area contributed by atoms with Crippen molar-refractivity contribution in [2.45, 2.75) is 45.8 Å². The number of likely N-dealkylation sites (tertiary alicyclic amines) is 1. The molecule has 2 heteroatoms. The molecule has 86 valence electrons. The van der Waals surface area contributed by atoms with Crippen LogP contribution < -0.4 is 0 Å². The molecule has 0 aromatic carbocycles. The summed E-state index contributed by atoms with van der Waals surface area (Å²) in [5.74, 6) is 0. The van der Waals surface area contributed by atoms with Crippen molar-refractivity contribution < 1.29 is 0 Å². The minimum atomic E-state index is -1.06. The number of nitrogens with zero attached hydrogens (tertiary/aromatic N) is 1. The molecule has 0 aromatic rings. The fourth-order valence-corrected chi connectivity index (χ4v) is 2.52. The number of hydrogen-bond acceptors (Lipinski definition) is 1. The Bertz CT molecular complexity index is 250. The van der Waals surface area contributed by atoms with E-state index in [-0.39, 0.29) is 0 Å². The van der Waals surface area contributed by atoms with Crippen LogP contribution in [-0.2, 0) is 0 Å². The molecule has 0 amide bonds. The Morgan fingerprint density at radius 2 is 1.80 bits per heavy atom. The highest BCUT2D eigenvalue weighted by Crippen LogP contribution is 2.10. The lowest BCUT2D eigenvalue weighted by atomic mass is 10.1. The molecule has 1 nitrogen and oxygen atoms in total. The summed E-state index contributed by atoms with van der Waals surface area (Å²) >= 11 is 0. The summed E-state index contributed by atoms with van der Waals surface area (Å²) in [6.07, 6.45) is 4.18. The summed E-state index contributed by atoms with van der Waals surface area (Å²) in [5.41, 5.74) is 7.21. The average molecular weight is 223 g/mol. The molecule has 1 saturated heterocycles. The first kappa shape index (κ1) is 12.8. The molecular formula is C13H25NSi. The summed E-state index contributed by atoms with van der Waals surface area (Å²) < 4.78 is 0. The third kappa shape index (κ3) is 5.98. The Morgan fingerprint density at radius 1 is 1.20 bits per heavy atom. The SMILES string of the molecule is CC(=C=C[Si](C)(C)C)CN1CCCCC1. The van der Waals surface area contributed by atoms with Crippen LogP contribution in [0.15, 0.2) is 17.0 Å². The van der Waals surface area contributed by atoms with Crippen molar-refractivity contribution in [2.75, 3.05) is 19.6 Å². The lowest BCUT2D eigenvalue weighted by molar-refractivity contribution is 0.247. The van der Waals surface area contributed by atoms with Gasteiger partial charge in [0.15, 0.2) is 0 Å². The van der Waals surface area contributed by atoms with E-state index in [4.69, 9.17) is 0 Å². The smallest absolute Gasteiger partial charge is 0.0781 e. The van der Waals surface area contributed by atoms with Crippen LogP contribution >= 0.6 is 0 Å². The average Bonchev–Trinajstić information content (AvgIpc) is 2.15. The van der Waals surface area contributed by atoms with Gasteiger partial charge in [0.05, 0.1) is 8.07 Å². The zero-order valence-corrected chi connectivity index (χ0v) is 11.8. The second-order valence-corrected chi connectivity index (χ2v) is 10.8.